The van der Waals surface area contributed by atoms with E-state index in [9.17, 15) is 9.90 Å². The number of nitrogens with one attached hydrogen (secondary N) is 1. The number of para-hydroxylation sites is 2. The number of amides is 1. The van der Waals surface area contributed by atoms with Gasteiger partial charge in [-0.3, -0.25) is 4.79 Å². The van der Waals surface area contributed by atoms with Crippen LogP contribution in [0.3, 0.4) is 0 Å². The second kappa shape index (κ2) is 7.59. The van der Waals surface area contributed by atoms with E-state index in [2.05, 4.69) is 10.3 Å². The molecule has 1 aliphatic carbocycles. The quantitative estimate of drug-likeness (QED) is 0.911. The first kappa shape index (κ1) is 16.0. The zero-order valence-corrected chi connectivity index (χ0v) is 13.5. The van der Waals surface area contributed by atoms with Crippen LogP contribution in [0.1, 0.15) is 50.8 Å². The summed E-state index contributed by atoms with van der Waals surface area (Å²) in [4.78, 5) is 16.8. The summed E-state index contributed by atoms with van der Waals surface area (Å²) in [6, 6.07) is 7.96. The molecule has 1 aliphatic rings. The fourth-order valence-electron chi connectivity index (χ4n) is 3.44. The van der Waals surface area contributed by atoms with Gasteiger partial charge in [-0.05, 0) is 25.0 Å². The van der Waals surface area contributed by atoms with E-state index in [1.54, 1.807) is 0 Å². The molecule has 1 heterocycles. The minimum atomic E-state index is -0.161. The first-order valence-corrected chi connectivity index (χ1v) is 8.62. The van der Waals surface area contributed by atoms with Gasteiger partial charge in [-0.1, -0.05) is 44.2 Å². The number of fused-ring (bicyclic) bond motifs is 1. The van der Waals surface area contributed by atoms with Crippen molar-refractivity contribution in [1.29, 1.82) is 0 Å². The first-order valence-electron chi connectivity index (χ1n) is 8.62. The van der Waals surface area contributed by atoms with Crippen LogP contribution in [-0.2, 0) is 17.9 Å². The SMILES string of the molecule is O=C(Cn1c(CO)nc2ccccc21)NC1CCCCCCC1. The third kappa shape index (κ3) is 3.91. The highest BCUT2D eigenvalue weighted by Crippen LogP contribution is 2.18. The number of hydrogen-bond donors (Lipinski definition) is 2. The van der Waals surface area contributed by atoms with Gasteiger partial charge in [0.05, 0.1) is 11.0 Å². The molecule has 1 fully saturated rings. The van der Waals surface area contributed by atoms with Gasteiger partial charge in [0, 0.05) is 6.04 Å². The van der Waals surface area contributed by atoms with Crippen LogP contribution >= 0.6 is 0 Å². The molecule has 0 atom stereocenters. The van der Waals surface area contributed by atoms with Crippen LogP contribution < -0.4 is 5.32 Å². The predicted molar refractivity (Wildman–Crippen MR) is 89.9 cm³/mol. The molecule has 1 aromatic carbocycles. The van der Waals surface area contributed by atoms with Gasteiger partial charge in [-0.15, -0.1) is 0 Å². The lowest BCUT2D eigenvalue weighted by atomic mass is 9.97. The van der Waals surface area contributed by atoms with Gasteiger partial charge in [0.15, 0.2) is 0 Å². The minimum absolute atomic E-state index is 0.00780. The van der Waals surface area contributed by atoms with Crippen LogP contribution in [0.25, 0.3) is 11.0 Å². The Labute approximate surface area is 136 Å². The molecule has 1 amide bonds. The number of benzene rings is 1. The van der Waals surface area contributed by atoms with Gasteiger partial charge in [0.2, 0.25) is 5.91 Å². The number of nitrogens with zero attached hydrogens (tertiary/aromatic N) is 2. The summed E-state index contributed by atoms with van der Waals surface area (Å²) in [5.74, 6) is 0.549. The van der Waals surface area contributed by atoms with Crippen LogP contribution in [0.4, 0.5) is 0 Å². The Morgan fingerprint density at radius 1 is 1.17 bits per heavy atom. The zero-order chi connectivity index (χ0) is 16.1. The highest BCUT2D eigenvalue weighted by molar-refractivity contribution is 5.81. The lowest BCUT2D eigenvalue weighted by Crippen LogP contribution is -2.37. The minimum Gasteiger partial charge on any atom is -0.388 e. The predicted octanol–water partition coefficient (Wildman–Crippen LogP) is 2.76. The van der Waals surface area contributed by atoms with Gasteiger partial charge < -0.3 is 15.0 Å². The largest absolute Gasteiger partial charge is 0.388 e. The number of carbonyl (C=O) groups excluding carboxylic acids is 1. The Kier molecular flexibility index (Phi) is 5.28. The van der Waals surface area contributed by atoms with Gasteiger partial charge >= 0.3 is 0 Å². The average Bonchev–Trinajstić information content (AvgIpc) is 2.88. The van der Waals surface area contributed by atoms with E-state index in [0.29, 0.717) is 5.82 Å². The Morgan fingerprint density at radius 3 is 2.61 bits per heavy atom. The third-order valence-electron chi connectivity index (χ3n) is 4.65. The lowest BCUT2D eigenvalue weighted by molar-refractivity contribution is -0.122. The number of aliphatic hydroxyl groups excluding tert-OH is 1. The van der Waals surface area contributed by atoms with Crippen molar-refractivity contribution in [2.45, 2.75) is 64.1 Å². The molecule has 0 aliphatic heterocycles. The molecule has 0 unspecified atom stereocenters. The maximum Gasteiger partial charge on any atom is 0.240 e. The molecular formula is C18H25N3O2. The maximum atomic E-state index is 12.4. The smallest absolute Gasteiger partial charge is 0.240 e. The van der Waals surface area contributed by atoms with Gasteiger partial charge in [0.25, 0.3) is 0 Å². The van der Waals surface area contributed by atoms with E-state index in [1.807, 2.05) is 28.8 Å². The molecule has 124 valence electrons. The van der Waals surface area contributed by atoms with Gasteiger partial charge in [-0.25, -0.2) is 4.98 Å². The maximum absolute atomic E-state index is 12.4. The van der Waals surface area contributed by atoms with Crippen molar-refractivity contribution in [1.82, 2.24) is 14.9 Å². The normalized spacial score (nSPS) is 16.9. The molecule has 0 radical (unpaired) electrons. The number of hydrogen-bond acceptors (Lipinski definition) is 3. The van der Waals surface area contributed by atoms with Crippen LogP contribution in [0.5, 0.6) is 0 Å². The van der Waals surface area contributed by atoms with Crippen molar-refractivity contribution in [2.24, 2.45) is 0 Å². The van der Waals surface area contributed by atoms with Crippen LogP contribution in [0.2, 0.25) is 0 Å². The molecule has 5 nitrogen and oxygen atoms in total. The molecule has 1 aromatic heterocycles. The monoisotopic (exact) mass is 315 g/mol. The summed E-state index contributed by atoms with van der Waals surface area (Å²) in [7, 11) is 0. The Hall–Kier alpha value is -1.88. The Bertz CT molecular complexity index is 657. The van der Waals surface area contributed by atoms with Gasteiger partial charge in [0.1, 0.15) is 19.0 Å². The second-order valence-corrected chi connectivity index (χ2v) is 6.37. The third-order valence-corrected chi connectivity index (χ3v) is 4.65. The molecule has 0 saturated heterocycles. The summed E-state index contributed by atoms with van der Waals surface area (Å²) >= 11 is 0. The number of rotatable bonds is 4. The van der Waals surface area contributed by atoms with Gasteiger partial charge in [-0.2, -0.15) is 0 Å². The van der Waals surface area contributed by atoms with Crippen molar-refractivity contribution in [2.75, 3.05) is 0 Å². The highest BCUT2D eigenvalue weighted by Gasteiger charge is 2.17. The second-order valence-electron chi connectivity index (χ2n) is 6.37. The molecule has 2 N–H and O–H groups in total. The highest BCUT2D eigenvalue weighted by atomic mass is 16.3. The molecule has 0 bridgehead atoms. The van der Waals surface area contributed by atoms with E-state index >= 15 is 0 Å². The number of imidazole rings is 1. The fraction of sp³-hybridized carbons (Fsp3) is 0.556. The van der Waals surface area contributed by atoms with Crippen molar-refractivity contribution in [3.05, 3.63) is 30.1 Å². The van der Waals surface area contributed by atoms with E-state index in [-0.39, 0.29) is 25.1 Å². The topological polar surface area (TPSA) is 67.2 Å². The number of aliphatic hydroxyl groups is 1. The average molecular weight is 315 g/mol. The molecule has 5 heteroatoms. The summed E-state index contributed by atoms with van der Waals surface area (Å²) in [6.45, 7) is 0.0539. The van der Waals surface area contributed by atoms with E-state index in [4.69, 9.17) is 0 Å². The van der Waals surface area contributed by atoms with Crippen molar-refractivity contribution >= 4 is 16.9 Å². The van der Waals surface area contributed by atoms with Crippen molar-refractivity contribution in [3.8, 4) is 0 Å². The summed E-state index contributed by atoms with van der Waals surface area (Å²) in [5.41, 5.74) is 1.71. The van der Waals surface area contributed by atoms with Crippen molar-refractivity contribution < 1.29 is 9.90 Å². The molecular weight excluding hydrogens is 290 g/mol. The standard InChI is InChI=1S/C18H25N3O2/c22-13-17-20-15-10-6-7-11-16(15)21(17)12-18(23)19-14-8-4-2-1-3-5-9-14/h6-7,10-11,14,22H,1-5,8-9,12-13H2,(H,19,23). The van der Waals surface area contributed by atoms with Crippen LogP contribution in [0.15, 0.2) is 24.3 Å². The molecule has 23 heavy (non-hydrogen) atoms. The summed E-state index contributed by atoms with van der Waals surface area (Å²) in [6.07, 6.45) is 8.40. The molecule has 3 rings (SSSR count). The van der Waals surface area contributed by atoms with Crippen LogP contribution in [-0.4, -0.2) is 26.6 Å². The Balaban J connectivity index is 1.69. The lowest BCUT2D eigenvalue weighted by Gasteiger charge is -2.21. The fourth-order valence-corrected chi connectivity index (χ4v) is 3.44. The Morgan fingerprint density at radius 2 is 1.87 bits per heavy atom. The number of aromatic nitrogens is 2. The summed E-state index contributed by atoms with van der Waals surface area (Å²) in [5, 5.41) is 12.7. The summed E-state index contributed by atoms with van der Waals surface area (Å²) < 4.78 is 1.81. The van der Waals surface area contributed by atoms with Crippen molar-refractivity contribution in [3.63, 3.8) is 0 Å². The van der Waals surface area contributed by atoms with E-state index in [0.717, 1.165) is 23.9 Å². The van der Waals surface area contributed by atoms with E-state index < -0.39 is 0 Å². The van der Waals surface area contributed by atoms with E-state index in [1.165, 1.54) is 32.1 Å². The molecule has 2 aromatic rings. The molecule has 1 saturated carbocycles. The van der Waals surface area contributed by atoms with Crippen LogP contribution in [0, 0.1) is 0 Å². The first-order chi connectivity index (χ1) is 11.3. The zero-order valence-electron chi connectivity index (χ0n) is 13.5. The molecule has 0 spiro atoms. The number of carbonyl (C=O) groups is 1.